The number of para-hydroxylation sites is 1. The molecule has 0 radical (unpaired) electrons. The van der Waals surface area contributed by atoms with E-state index in [0.717, 1.165) is 12.2 Å². The minimum Gasteiger partial charge on any atom is -0.369 e. The van der Waals surface area contributed by atoms with Crippen molar-refractivity contribution in [3.63, 3.8) is 0 Å². The average molecular weight is 256 g/mol. The van der Waals surface area contributed by atoms with Gasteiger partial charge < -0.3 is 10.6 Å². The number of sulfone groups is 1. The van der Waals surface area contributed by atoms with Gasteiger partial charge >= 0.3 is 0 Å². The zero-order valence-electron chi connectivity index (χ0n) is 10.4. The van der Waals surface area contributed by atoms with E-state index < -0.39 is 9.84 Å². The van der Waals surface area contributed by atoms with E-state index in [0.29, 0.717) is 18.0 Å². The van der Waals surface area contributed by atoms with Crippen molar-refractivity contribution >= 4 is 15.5 Å². The number of hydrogen-bond acceptors (Lipinski definition) is 4. The molecule has 96 valence electrons. The Morgan fingerprint density at radius 3 is 2.41 bits per heavy atom. The molecule has 5 heteroatoms. The van der Waals surface area contributed by atoms with E-state index in [9.17, 15) is 8.42 Å². The lowest BCUT2D eigenvalue weighted by Crippen LogP contribution is -2.30. The van der Waals surface area contributed by atoms with Crippen molar-refractivity contribution in [3.8, 4) is 0 Å². The third kappa shape index (κ3) is 3.20. The van der Waals surface area contributed by atoms with Crippen molar-refractivity contribution in [2.75, 3.05) is 30.3 Å². The smallest absolute Gasteiger partial charge is 0.180 e. The van der Waals surface area contributed by atoms with Crippen LogP contribution in [0.3, 0.4) is 0 Å². The fourth-order valence-corrected chi connectivity index (χ4v) is 2.85. The fraction of sp³-hybridized carbons (Fsp3) is 0.500. The SMILES string of the molecule is CCN(CCN)c1ccccc1S(=O)(=O)CC. The topological polar surface area (TPSA) is 63.4 Å². The monoisotopic (exact) mass is 256 g/mol. The van der Waals surface area contributed by atoms with Crippen LogP contribution in [0.1, 0.15) is 13.8 Å². The van der Waals surface area contributed by atoms with E-state index in [1.54, 1.807) is 19.1 Å². The highest BCUT2D eigenvalue weighted by Crippen LogP contribution is 2.25. The van der Waals surface area contributed by atoms with Crippen molar-refractivity contribution in [2.45, 2.75) is 18.7 Å². The molecule has 1 aromatic carbocycles. The van der Waals surface area contributed by atoms with Gasteiger partial charge in [-0.25, -0.2) is 8.42 Å². The van der Waals surface area contributed by atoms with Gasteiger partial charge in [0.1, 0.15) is 0 Å². The molecule has 0 aliphatic carbocycles. The van der Waals surface area contributed by atoms with Crippen molar-refractivity contribution < 1.29 is 8.42 Å². The summed E-state index contributed by atoms with van der Waals surface area (Å²) in [5.74, 6) is 0.115. The van der Waals surface area contributed by atoms with Gasteiger partial charge in [-0.05, 0) is 19.1 Å². The molecule has 0 aliphatic heterocycles. The van der Waals surface area contributed by atoms with Crippen LogP contribution >= 0.6 is 0 Å². The van der Waals surface area contributed by atoms with Gasteiger partial charge in [0.2, 0.25) is 0 Å². The van der Waals surface area contributed by atoms with E-state index in [1.165, 1.54) is 0 Å². The first-order valence-electron chi connectivity index (χ1n) is 5.83. The molecule has 17 heavy (non-hydrogen) atoms. The van der Waals surface area contributed by atoms with Crippen LogP contribution in [0.15, 0.2) is 29.2 Å². The van der Waals surface area contributed by atoms with Gasteiger partial charge in [-0.1, -0.05) is 19.1 Å². The molecule has 0 spiro atoms. The van der Waals surface area contributed by atoms with Crippen LogP contribution in [0.4, 0.5) is 5.69 Å². The molecule has 0 bridgehead atoms. The Hall–Kier alpha value is -1.07. The number of hydrogen-bond donors (Lipinski definition) is 1. The van der Waals surface area contributed by atoms with Crippen LogP contribution in [0.25, 0.3) is 0 Å². The molecule has 2 N–H and O–H groups in total. The second-order valence-corrected chi connectivity index (χ2v) is 5.99. The van der Waals surface area contributed by atoms with E-state index in [-0.39, 0.29) is 5.75 Å². The summed E-state index contributed by atoms with van der Waals surface area (Å²) in [4.78, 5) is 2.39. The second-order valence-electron chi connectivity index (χ2n) is 3.74. The number of nitrogens with zero attached hydrogens (tertiary/aromatic N) is 1. The number of rotatable bonds is 6. The fourth-order valence-electron chi connectivity index (χ4n) is 1.74. The standard InChI is InChI=1S/C12H20N2O2S/c1-3-14(10-9-13)11-7-5-6-8-12(11)17(15,16)4-2/h5-8H,3-4,9-10,13H2,1-2H3. The lowest BCUT2D eigenvalue weighted by atomic mass is 10.3. The first-order chi connectivity index (χ1) is 8.06. The Morgan fingerprint density at radius 2 is 1.88 bits per heavy atom. The van der Waals surface area contributed by atoms with Gasteiger partial charge in [0, 0.05) is 19.6 Å². The zero-order chi connectivity index (χ0) is 12.9. The van der Waals surface area contributed by atoms with Gasteiger partial charge in [-0.3, -0.25) is 0 Å². The highest BCUT2D eigenvalue weighted by Gasteiger charge is 2.18. The Morgan fingerprint density at radius 1 is 1.24 bits per heavy atom. The van der Waals surface area contributed by atoms with Gasteiger partial charge in [0.25, 0.3) is 0 Å². The van der Waals surface area contributed by atoms with Crippen LogP contribution in [-0.2, 0) is 9.84 Å². The molecule has 0 aromatic heterocycles. The molecule has 0 heterocycles. The van der Waals surface area contributed by atoms with E-state index in [4.69, 9.17) is 5.73 Å². The van der Waals surface area contributed by atoms with E-state index >= 15 is 0 Å². The quantitative estimate of drug-likeness (QED) is 0.832. The minimum atomic E-state index is -3.18. The largest absolute Gasteiger partial charge is 0.369 e. The highest BCUT2D eigenvalue weighted by atomic mass is 32.2. The molecular weight excluding hydrogens is 236 g/mol. The van der Waals surface area contributed by atoms with E-state index in [2.05, 4.69) is 0 Å². The zero-order valence-corrected chi connectivity index (χ0v) is 11.2. The predicted molar refractivity (Wildman–Crippen MR) is 71.1 cm³/mol. The summed E-state index contributed by atoms with van der Waals surface area (Å²) in [5, 5.41) is 0. The third-order valence-corrected chi connectivity index (χ3v) is 4.48. The van der Waals surface area contributed by atoms with Crippen molar-refractivity contribution in [3.05, 3.63) is 24.3 Å². The maximum atomic E-state index is 12.0. The molecule has 1 rings (SSSR count). The summed E-state index contributed by atoms with van der Waals surface area (Å²) >= 11 is 0. The Bertz CT molecular complexity index is 457. The van der Waals surface area contributed by atoms with Gasteiger partial charge in [-0.15, -0.1) is 0 Å². The Labute approximate surface area is 103 Å². The highest BCUT2D eigenvalue weighted by molar-refractivity contribution is 7.91. The lowest BCUT2D eigenvalue weighted by Gasteiger charge is -2.24. The number of nitrogens with two attached hydrogens (primary N) is 1. The molecular formula is C12H20N2O2S. The molecule has 0 saturated heterocycles. The maximum Gasteiger partial charge on any atom is 0.180 e. The van der Waals surface area contributed by atoms with Crippen LogP contribution in [0.2, 0.25) is 0 Å². The molecule has 0 unspecified atom stereocenters. The van der Waals surface area contributed by atoms with Crippen LogP contribution in [0.5, 0.6) is 0 Å². The van der Waals surface area contributed by atoms with Crippen LogP contribution < -0.4 is 10.6 Å². The molecule has 0 aliphatic rings. The Balaban J connectivity index is 3.24. The first kappa shape index (κ1) is 14.0. The van der Waals surface area contributed by atoms with Crippen molar-refractivity contribution in [1.29, 1.82) is 0 Å². The molecule has 0 amide bonds. The van der Waals surface area contributed by atoms with E-state index in [1.807, 2.05) is 24.0 Å². The molecule has 1 aromatic rings. The molecule has 4 nitrogen and oxygen atoms in total. The summed E-state index contributed by atoms with van der Waals surface area (Å²) in [6.45, 7) is 5.56. The van der Waals surface area contributed by atoms with Gasteiger partial charge in [-0.2, -0.15) is 0 Å². The van der Waals surface area contributed by atoms with Gasteiger partial charge in [0.15, 0.2) is 9.84 Å². The number of benzene rings is 1. The van der Waals surface area contributed by atoms with Crippen molar-refractivity contribution in [1.82, 2.24) is 0 Å². The van der Waals surface area contributed by atoms with Gasteiger partial charge in [0.05, 0.1) is 16.3 Å². The number of anilines is 1. The number of likely N-dealkylation sites (N-methyl/N-ethyl adjacent to an activating group) is 1. The molecule has 0 atom stereocenters. The summed E-state index contributed by atoms with van der Waals surface area (Å²) in [5.41, 5.74) is 6.29. The Kier molecular flexibility index (Phi) is 4.96. The normalized spacial score (nSPS) is 11.5. The van der Waals surface area contributed by atoms with Crippen LogP contribution in [-0.4, -0.2) is 33.8 Å². The summed E-state index contributed by atoms with van der Waals surface area (Å²) in [7, 11) is -3.18. The first-order valence-corrected chi connectivity index (χ1v) is 7.48. The molecule has 0 fully saturated rings. The lowest BCUT2D eigenvalue weighted by molar-refractivity contribution is 0.596. The average Bonchev–Trinajstić information content (AvgIpc) is 2.36. The third-order valence-electron chi connectivity index (χ3n) is 2.70. The predicted octanol–water partition coefficient (Wildman–Crippen LogP) is 1.27. The maximum absolute atomic E-state index is 12.0. The second kappa shape index (κ2) is 6.02. The molecule has 0 saturated carbocycles. The van der Waals surface area contributed by atoms with Crippen molar-refractivity contribution in [2.24, 2.45) is 5.73 Å². The summed E-state index contributed by atoms with van der Waals surface area (Å²) in [6.07, 6.45) is 0. The minimum absolute atomic E-state index is 0.115. The van der Waals surface area contributed by atoms with Crippen LogP contribution in [0, 0.1) is 0 Å². The summed E-state index contributed by atoms with van der Waals surface area (Å²) in [6, 6.07) is 7.10. The summed E-state index contributed by atoms with van der Waals surface area (Å²) < 4.78 is 24.0.